The molecule has 2 heterocycles. The smallest absolute Gasteiger partial charge is 0.328 e. The molecule has 2 saturated heterocycles. The first-order valence-corrected chi connectivity index (χ1v) is 40.3. The van der Waals surface area contributed by atoms with Gasteiger partial charge < -0.3 is 147 Å². The van der Waals surface area contributed by atoms with E-state index < -0.39 is 313 Å². The molecule has 124 heavy (non-hydrogen) atoms. The van der Waals surface area contributed by atoms with Crippen LogP contribution >= 0.6 is 0 Å². The minimum absolute atomic E-state index is 0.0258. The molecule has 0 aromatic heterocycles. The van der Waals surface area contributed by atoms with Crippen molar-refractivity contribution in [2.24, 2.45) is 23.1 Å². The van der Waals surface area contributed by atoms with Crippen molar-refractivity contribution in [3.8, 4) is 0 Å². The standard InChI is InChI=1S/C76H120N18O30/c1-6-38(2)61(81-36-60(107)108)74(120)86-40(4)66(112)85-39(3)14-12-19-53(98)80-32-54(99)89-49(30-42-15-8-7-9-16-42)72(118)91-45(21-20-43(31-78)123-76-65(111)64(110)63(109)51(37-95)124-76)68(114)83-34-55(100)87-47(23-26-58(103)104)70(116)90-46(22-25-52(79)97)69(115)84-35-57(102)94-29-13-18-50(94)73(119)92-44(17-10-11-28-77)67(113)82-33-56(101)88-48(24-27-59(105)106)71(117)93-62(41(5)96)75(121)122/h7-9,12,14-16,38-41,43-51,61-65,76,81,95-96,109-111H,6,10-11,13,17-37,77-78H2,1-5H3,(H2,79,97)(H,80,98)(H,82,113)(H,83,114)(H,84,115)(H,85,112)(H,86,120)(H,87,100)(H,88,101)(H,89,99)(H,90,116)(H,91,118)(H,92,119)(H,93,117)(H,103,104)(H,105,106)(H,107,108)(H,121,122)/b14-12+/t38-,39-,40-,41-,43+,44-,45-,46-,47-,48-,49-,50-,51+,61-,62-,63-,64+,65+,76+/m0/s1. The highest BCUT2D eigenvalue weighted by Crippen LogP contribution is 2.25. The largest absolute Gasteiger partial charge is 0.481 e. The molecule has 1 aromatic rings. The third-order valence-corrected chi connectivity index (χ3v) is 19.7. The molecular formula is C76H120N18O30. The van der Waals surface area contributed by atoms with E-state index in [4.69, 9.17) is 31.8 Å². The van der Waals surface area contributed by atoms with Crippen molar-refractivity contribution in [2.75, 3.05) is 59.0 Å². The number of rotatable bonds is 58. The predicted molar refractivity (Wildman–Crippen MR) is 430 cm³/mol. The van der Waals surface area contributed by atoms with Crippen molar-refractivity contribution in [2.45, 2.75) is 247 Å². The van der Waals surface area contributed by atoms with Crippen molar-refractivity contribution < 1.29 is 147 Å². The zero-order chi connectivity index (χ0) is 93.0. The number of hydrogen-bond donors (Lipinski definition) is 26. The highest BCUT2D eigenvalue weighted by atomic mass is 16.7. The van der Waals surface area contributed by atoms with Crippen LogP contribution in [-0.4, -0.2) is 332 Å². The molecule has 0 spiro atoms. The lowest BCUT2D eigenvalue weighted by Crippen LogP contribution is -2.60. The van der Waals surface area contributed by atoms with Crippen molar-refractivity contribution in [1.82, 2.24) is 79.3 Å². The number of aliphatic hydroxyl groups is 5. The van der Waals surface area contributed by atoms with E-state index in [-0.39, 0.29) is 64.0 Å². The van der Waals surface area contributed by atoms with E-state index in [1.54, 1.807) is 44.2 Å². The Hall–Kier alpha value is -11.5. The molecule has 694 valence electrons. The number of amides is 15. The van der Waals surface area contributed by atoms with Gasteiger partial charge in [0.1, 0.15) is 72.8 Å². The Balaban J connectivity index is 1.83. The van der Waals surface area contributed by atoms with Gasteiger partial charge in [0.15, 0.2) is 12.3 Å². The van der Waals surface area contributed by atoms with E-state index in [2.05, 4.69) is 69.1 Å². The highest BCUT2D eigenvalue weighted by Gasteiger charge is 2.46. The quantitative estimate of drug-likeness (QED) is 0.0213. The normalized spacial score (nSPS) is 19.3. The summed E-state index contributed by atoms with van der Waals surface area (Å²) in [6, 6.07) is -7.67. The molecule has 2 aliphatic heterocycles. The Labute approximate surface area is 712 Å². The minimum Gasteiger partial charge on any atom is -0.481 e. The summed E-state index contributed by atoms with van der Waals surface area (Å²) in [6.45, 7) is 2.44. The molecule has 48 heteroatoms. The number of primary amides is 1. The van der Waals surface area contributed by atoms with Crippen LogP contribution in [0.25, 0.3) is 0 Å². The summed E-state index contributed by atoms with van der Waals surface area (Å²) in [4.78, 5) is 250. The summed E-state index contributed by atoms with van der Waals surface area (Å²) < 4.78 is 11.3. The number of nitrogens with zero attached hydrogens (tertiary/aromatic N) is 1. The van der Waals surface area contributed by atoms with Gasteiger partial charge in [0.05, 0.1) is 57.6 Å². The van der Waals surface area contributed by atoms with Gasteiger partial charge in [-0.15, -0.1) is 0 Å². The predicted octanol–water partition coefficient (Wildman–Crippen LogP) is -10.4. The number of unbranched alkanes of at least 4 members (excludes halogenated alkanes) is 1. The SMILES string of the molecule is CC[C@H](C)[C@H](NCC(=O)O)C(=O)N[C@@H](C)C(=O)N[C@@H](C)/C=C/CC(=O)NCC(=O)N[C@@H](Cc1ccccc1)C(=O)N[C@@H](CC[C@H](CN)O[C@@H]1O[C@H](CO)[C@H](O)[C@@H](O)[C@H]1O)C(=O)NCC(=O)N[C@@H](CCC(=O)O)C(=O)N[C@@H](CCC(N)=O)C(=O)NCC(=O)N1CCC[C@H]1C(=O)N[C@@H](CCCCN)C(=O)NCC(=O)N[C@@H](CCC(=O)O)C(=O)N[C@H](C(=O)O)[C@H](C)O. The summed E-state index contributed by atoms with van der Waals surface area (Å²) in [5.41, 5.74) is 17.6. The van der Waals surface area contributed by atoms with Crippen LogP contribution in [-0.2, 0) is 107 Å². The molecule has 0 bridgehead atoms. The maximum Gasteiger partial charge on any atom is 0.328 e. The maximum absolute atomic E-state index is 14.6. The molecule has 0 saturated carbocycles. The van der Waals surface area contributed by atoms with Gasteiger partial charge in [-0.25, -0.2) is 4.79 Å². The van der Waals surface area contributed by atoms with E-state index in [1.165, 1.54) is 19.1 Å². The van der Waals surface area contributed by atoms with Crippen molar-refractivity contribution in [3.05, 3.63) is 48.0 Å². The Morgan fingerprint density at radius 3 is 1.59 bits per heavy atom. The fraction of sp³-hybridized carbons (Fsp3) is 0.645. The molecule has 0 unspecified atom stereocenters. The number of benzene rings is 1. The number of nitrogens with two attached hydrogens (primary N) is 3. The number of likely N-dealkylation sites (tertiary alicyclic amines) is 1. The van der Waals surface area contributed by atoms with Crippen molar-refractivity contribution in [3.63, 3.8) is 0 Å². The number of ether oxygens (including phenoxy) is 2. The van der Waals surface area contributed by atoms with Crippen LogP contribution in [0.3, 0.4) is 0 Å². The zero-order valence-corrected chi connectivity index (χ0v) is 69.5. The first-order valence-electron chi connectivity index (χ1n) is 40.3. The number of aliphatic carboxylic acids is 4. The average molecular weight is 1770 g/mol. The second kappa shape index (κ2) is 55.6. The van der Waals surface area contributed by atoms with Gasteiger partial charge >= 0.3 is 23.9 Å². The first kappa shape index (κ1) is 107. The van der Waals surface area contributed by atoms with Crippen LogP contribution in [0.1, 0.15) is 136 Å². The third kappa shape index (κ3) is 38.9. The summed E-state index contributed by atoms with van der Waals surface area (Å²) in [7, 11) is 0. The van der Waals surface area contributed by atoms with Gasteiger partial charge in [0.25, 0.3) is 0 Å². The third-order valence-electron chi connectivity index (χ3n) is 19.7. The number of carbonyl (C=O) groups excluding carboxylic acids is 15. The summed E-state index contributed by atoms with van der Waals surface area (Å²) >= 11 is 0. The highest BCUT2D eigenvalue weighted by molar-refractivity contribution is 5.99. The van der Waals surface area contributed by atoms with Crippen molar-refractivity contribution >= 4 is 112 Å². The Morgan fingerprint density at radius 1 is 0.540 bits per heavy atom. The lowest BCUT2D eigenvalue weighted by atomic mass is 9.98. The molecule has 2 fully saturated rings. The fourth-order valence-corrected chi connectivity index (χ4v) is 12.6. The lowest BCUT2D eigenvalue weighted by Gasteiger charge is -2.40. The molecule has 1 aromatic carbocycles. The van der Waals surface area contributed by atoms with Gasteiger partial charge in [0, 0.05) is 51.2 Å². The number of nitrogens with one attached hydrogen (secondary N) is 14. The lowest BCUT2D eigenvalue weighted by molar-refractivity contribution is -0.310. The number of carboxylic acid groups (broad SMARTS) is 4. The monoisotopic (exact) mass is 1760 g/mol. The summed E-state index contributed by atoms with van der Waals surface area (Å²) in [5.74, 6) is -20.5. The van der Waals surface area contributed by atoms with Gasteiger partial charge in [0.2, 0.25) is 88.6 Å². The summed E-state index contributed by atoms with van der Waals surface area (Å²) in [6.07, 6.45) is -12.7. The molecular weight excluding hydrogens is 1640 g/mol. The molecule has 19 atom stereocenters. The van der Waals surface area contributed by atoms with Crippen LogP contribution in [0.5, 0.6) is 0 Å². The van der Waals surface area contributed by atoms with Crippen LogP contribution in [0.15, 0.2) is 42.5 Å². The maximum atomic E-state index is 14.6. The molecule has 2 aliphatic rings. The topological polar surface area (TPSA) is 775 Å². The van der Waals surface area contributed by atoms with E-state index in [1.807, 2.05) is 12.2 Å². The molecule has 29 N–H and O–H groups in total. The second-order valence-corrected chi connectivity index (χ2v) is 29.7. The van der Waals surface area contributed by atoms with Crippen LogP contribution in [0.4, 0.5) is 0 Å². The number of carboxylic acids is 4. The number of carbonyl (C=O) groups is 19. The Kier molecular flexibility index (Phi) is 47.8. The van der Waals surface area contributed by atoms with Gasteiger partial charge in [-0.3, -0.25) is 91.6 Å². The fourth-order valence-electron chi connectivity index (χ4n) is 12.6. The molecule has 3 rings (SSSR count). The Bertz CT molecular complexity index is 3820. The van der Waals surface area contributed by atoms with Gasteiger partial charge in [-0.1, -0.05) is 62.8 Å². The number of hydrogen-bond acceptors (Lipinski definition) is 29. The number of aliphatic hydroxyl groups excluding tert-OH is 5. The van der Waals surface area contributed by atoms with Gasteiger partial charge in [-0.2, -0.15) is 0 Å². The minimum atomic E-state index is -1.92. The molecule has 48 nitrogen and oxygen atoms in total. The van der Waals surface area contributed by atoms with Crippen molar-refractivity contribution in [1.29, 1.82) is 0 Å². The Morgan fingerprint density at radius 2 is 1.06 bits per heavy atom. The zero-order valence-electron chi connectivity index (χ0n) is 69.5. The van der Waals surface area contributed by atoms with Crippen LogP contribution in [0.2, 0.25) is 0 Å². The average Bonchev–Trinajstić information content (AvgIpc) is 1.09. The van der Waals surface area contributed by atoms with E-state index in [0.717, 1.165) is 11.8 Å². The first-order chi connectivity index (χ1) is 58.5. The second-order valence-electron chi connectivity index (χ2n) is 29.7. The summed E-state index contributed by atoms with van der Waals surface area (Å²) in [5, 5.41) is 122. The molecule has 0 aliphatic carbocycles. The van der Waals surface area contributed by atoms with Crippen LogP contribution < -0.4 is 91.6 Å². The molecule has 0 radical (unpaired) electrons. The molecule has 15 amide bonds. The van der Waals surface area contributed by atoms with E-state index >= 15 is 0 Å². The van der Waals surface area contributed by atoms with E-state index in [0.29, 0.717) is 18.4 Å². The van der Waals surface area contributed by atoms with E-state index in [9.17, 15) is 132 Å². The van der Waals surface area contributed by atoms with Crippen LogP contribution in [0, 0.1) is 5.92 Å². The van der Waals surface area contributed by atoms with Gasteiger partial charge in [-0.05, 0) is 103 Å².